The van der Waals surface area contributed by atoms with Crippen molar-refractivity contribution in [3.8, 4) is 0 Å². The zero-order valence-electron chi connectivity index (χ0n) is 12.0. The van der Waals surface area contributed by atoms with Crippen molar-refractivity contribution in [2.24, 2.45) is 4.99 Å². The van der Waals surface area contributed by atoms with Crippen molar-refractivity contribution in [2.45, 2.75) is 6.92 Å². The molecule has 2 heteroatoms. The van der Waals surface area contributed by atoms with Gasteiger partial charge in [0.2, 0.25) is 0 Å². The van der Waals surface area contributed by atoms with Gasteiger partial charge in [-0.25, -0.2) is 4.99 Å². The maximum absolute atomic E-state index is 4.93. The van der Waals surface area contributed by atoms with Gasteiger partial charge in [0, 0.05) is 17.5 Å². The summed E-state index contributed by atoms with van der Waals surface area (Å²) in [5.41, 5.74) is 3.47. The highest BCUT2D eigenvalue weighted by Crippen LogP contribution is 2.39. The highest BCUT2D eigenvalue weighted by Gasteiger charge is 2.22. The quantitative estimate of drug-likeness (QED) is 0.657. The van der Waals surface area contributed by atoms with E-state index >= 15 is 0 Å². The van der Waals surface area contributed by atoms with Crippen LogP contribution in [0.1, 0.15) is 12.5 Å². The maximum atomic E-state index is 4.93. The van der Waals surface area contributed by atoms with E-state index in [9.17, 15) is 0 Å². The molecular formula is C19H16N2. The van der Waals surface area contributed by atoms with Crippen LogP contribution in [0, 0.1) is 0 Å². The average molecular weight is 272 g/mol. The lowest BCUT2D eigenvalue weighted by atomic mass is 10.0. The Morgan fingerprint density at radius 2 is 1.62 bits per heavy atom. The molecule has 3 aromatic carbocycles. The van der Waals surface area contributed by atoms with E-state index in [0.29, 0.717) is 0 Å². The number of rotatable bonds is 2. The van der Waals surface area contributed by atoms with Crippen LogP contribution in [0.3, 0.4) is 0 Å². The molecule has 0 fully saturated rings. The molecule has 0 aromatic heterocycles. The number of nitrogens with zero attached hydrogens (tertiary/aromatic N) is 2. The molecule has 0 aliphatic carbocycles. The van der Waals surface area contributed by atoms with E-state index in [1.165, 1.54) is 16.5 Å². The lowest BCUT2D eigenvalue weighted by molar-refractivity contribution is 1.05. The predicted octanol–water partition coefficient (Wildman–Crippen LogP) is 4.76. The zero-order chi connectivity index (χ0) is 14.2. The Hall–Kier alpha value is -2.61. The Kier molecular flexibility index (Phi) is 2.74. The summed E-state index contributed by atoms with van der Waals surface area (Å²) >= 11 is 0. The van der Waals surface area contributed by atoms with Crippen LogP contribution in [0.4, 0.5) is 11.4 Å². The van der Waals surface area contributed by atoms with E-state index in [-0.39, 0.29) is 0 Å². The number of benzene rings is 3. The first-order valence-corrected chi connectivity index (χ1v) is 7.32. The molecule has 0 unspecified atom stereocenters. The van der Waals surface area contributed by atoms with Gasteiger partial charge in [-0.3, -0.25) is 0 Å². The summed E-state index contributed by atoms with van der Waals surface area (Å²) in [5.74, 6) is 1.03. The van der Waals surface area contributed by atoms with E-state index in [4.69, 9.17) is 4.99 Å². The Morgan fingerprint density at radius 1 is 0.857 bits per heavy atom. The Labute approximate surface area is 124 Å². The van der Waals surface area contributed by atoms with Crippen molar-refractivity contribution in [3.05, 3.63) is 72.3 Å². The third-order valence-electron chi connectivity index (χ3n) is 3.98. The fourth-order valence-electron chi connectivity index (χ4n) is 3.04. The first-order valence-electron chi connectivity index (χ1n) is 7.32. The predicted molar refractivity (Wildman–Crippen MR) is 89.6 cm³/mol. The SMILES string of the molecule is CCN1C(c2ccccc2)=Nc2cccc3cccc1c23. The van der Waals surface area contributed by atoms with Crippen molar-refractivity contribution in [2.75, 3.05) is 11.4 Å². The van der Waals surface area contributed by atoms with Gasteiger partial charge in [0.25, 0.3) is 0 Å². The summed E-state index contributed by atoms with van der Waals surface area (Å²) in [7, 11) is 0. The van der Waals surface area contributed by atoms with Gasteiger partial charge in [-0.05, 0) is 24.4 Å². The number of amidine groups is 1. The minimum atomic E-state index is 0.904. The number of hydrogen-bond acceptors (Lipinski definition) is 2. The summed E-state index contributed by atoms with van der Waals surface area (Å²) < 4.78 is 0. The van der Waals surface area contributed by atoms with Crippen LogP contribution in [-0.2, 0) is 0 Å². The lowest BCUT2D eigenvalue weighted by Crippen LogP contribution is -2.33. The molecule has 2 nitrogen and oxygen atoms in total. The van der Waals surface area contributed by atoms with Gasteiger partial charge < -0.3 is 4.90 Å². The van der Waals surface area contributed by atoms with Crippen molar-refractivity contribution in [1.82, 2.24) is 0 Å². The average Bonchev–Trinajstić information content (AvgIpc) is 2.56. The maximum Gasteiger partial charge on any atom is 0.141 e. The van der Waals surface area contributed by atoms with Crippen molar-refractivity contribution < 1.29 is 0 Å². The third-order valence-corrected chi connectivity index (χ3v) is 3.98. The Morgan fingerprint density at radius 3 is 2.38 bits per heavy atom. The molecular weight excluding hydrogens is 256 g/mol. The molecule has 1 aliphatic heterocycles. The van der Waals surface area contributed by atoms with E-state index < -0.39 is 0 Å². The van der Waals surface area contributed by atoms with Crippen LogP contribution in [0.2, 0.25) is 0 Å². The topological polar surface area (TPSA) is 15.6 Å². The Bertz CT molecular complexity index is 829. The van der Waals surface area contributed by atoms with Crippen LogP contribution in [0.25, 0.3) is 10.8 Å². The number of aliphatic imine (C=N–C) groups is 1. The standard InChI is InChI=1S/C19H16N2/c1-2-21-17-13-7-11-14-10-6-12-16(18(14)17)20-19(21)15-8-4-3-5-9-15/h3-13H,2H2,1H3. The van der Waals surface area contributed by atoms with Gasteiger partial charge >= 0.3 is 0 Å². The van der Waals surface area contributed by atoms with E-state index in [2.05, 4.69) is 72.5 Å². The number of hydrogen-bond donors (Lipinski definition) is 0. The zero-order valence-corrected chi connectivity index (χ0v) is 12.0. The third kappa shape index (κ3) is 1.83. The van der Waals surface area contributed by atoms with Crippen LogP contribution in [0.5, 0.6) is 0 Å². The molecule has 1 heterocycles. The molecule has 21 heavy (non-hydrogen) atoms. The van der Waals surface area contributed by atoms with E-state index in [1.54, 1.807) is 0 Å². The van der Waals surface area contributed by atoms with Crippen LogP contribution < -0.4 is 4.90 Å². The molecule has 0 N–H and O–H groups in total. The van der Waals surface area contributed by atoms with Gasteiger partial charge in [-0.2, -0.15) is 0 Å². The second-order valence-electron chi connectivity index (χ2n) is 5.20. The summed E-state index contributed by atoms with van der Waals surface area (Å²) in [4.78, 5) is 7.22. The normalized spacial score (nSPS) is 13.4. The molecule has 4 rings (SSSR count). The molecule has 0 bridgehead atoms. The second kappa shape index (κ2) is 4.74. The van der Waals surface area contributed by atoms with Crippen molar-refractivity contribution in [1.29, 1.82) is 0 Å². The van der Waals surface area contributed by atoms with Crippen LogP contribution in [-0.4, -0.2) is 12.4 Å². The van der Waals surface area contributed by atoms with Crippen molar-refractivity contribution >= 4 is 28.0 Å². The second-order valence-corrected chi connectivity index (χ2v) is 5.20. The smallest absolute Gasteiger partial charge is 0.141 e. The molecule has 0 saturated carbocycles. The first-order chi connectivity index (χ1) is 10.4. The molecule has 0 saturated heterocycles. The van der Waals surface area contributed by atoms with Gasteiger partial charge in [0.1, 0.15) is 5.84 Å². The van der Waals surface area contributed by atoms with E-state index in [1.807, 2.05) is 6.07 Å². The van der Waals surface area contributed by atoms with Gasteiger partial charge in [-0.15, -0.1) is 0 Å². The van der Waals surface area contributed by atoms with Gasteiger partial charge in [0.05, 0.1) is 11.4 Å². The van der Waals surface area contributed by atoms with E-state index in [0.717, 1.165) is 23.6 Å². The fraction of sp³-hybridized carbons (Fsp3) is 0.105. The highest BCUT2D eigenvalue weighted by atomic mass is 15.2. The number of anilines is 1. The lowest BCUT2D eigenvalue weighted by Gasteiger charge is -2.30. The fourth-order valence-corrected chi connectivity index (χ4v) is 3.04. The molecule has 3 aromatic rings. The van der Waals surface area contributed by atoms with Gasteiger partial charge in [0.15, 0.2) is 0 Å². The summed E-state index contributed by atoms with van der Waals surface area (Å²) in [6, 6.07) is 23.2. The van der Waals surface area contributed by atoms with Gasteiger partial charge in [-0.1, -0.05) is 54.6 Å². The molecule has 0 radical (unpaired) electrons. The molecule has 0 spiro atoms. The Balaban J connectivity index is 2.02. The first kappa shape index (κ1) is 12.2. The largest absolute Gasteiger partial charge is 0.325 e. The van der Waals surface area contributed by atoms with Crippen LogP contribution in [0.15, 0.2) is 71.7 Å². The molecule has 0 atom stereocenters. The summed E-state index contributed by atoms with van der Waals surface area (Å²) in [5, 5.41) is 2.50. The monoisotopic (exact) mass is 272 g/mol. The summed E-state index contributed by atoms with van der Waals surface area (Å²) in [6.45, 7) is 3.08. The minimum Gasteiger partial charge on any atom is -0.325 e. The van der Waals surface area contributed by atoms with Crippen molar-refractivity contribution in [3.63, 3.8) is 0 Å². The highest BCUT2D eigenvalue weighted by molar-refractivity contribution is 6.20. The molecule has 102 valence electrons. The summed E-state index contributed by atoms with van der Waals surface area (Å²) in [6.07, 6.45) is 0. The molecule has 0 amide bonds. The minimum absolute atomic E-state index is 0.904. The molecule has 1 aliphatic rings. The van der Waals surface area contributed by atoms with Crippen LogP contribution >= 0.6 is 0 Å².